The van der Waals surface area contributed by atoms with Crippen LogP contribution in [0.4, 0.5) is 0 Å². The van der Waals surface area contributed by atoms with Gasteiger partial charge in [-0.2, -0.15) is 0 Å². The quantitative estimate of drug-likeness (QED) is 0.770. The summed E-state index contributed by atoms with van der Waals surface area (Å²) in [5.41, 5.74) is 0. The number of hydrogen-bond donors (Lipinski definition) is 2. The van der Waals surface area contributed by atoms with Crippen molar-refractivity contribution in [1.29, 1.82) is 0 Å². The van der Waals surface area contributed by atoms with Gasteiger partial charge in [-0.05, 0) is 31.9 Å². The second-order valence-electron chi connectivity index (χ2n) is 4.47. The van der Waals surface area contributed by atoms with Gasteiger partial charge in [0, 0.05) is 6.54 Å². The van der Waals surface area contributed by atoms with Crippen molar-refractivity contribution in [3.8, 4) is 0 Å². The van der Waals surface area contributed by atoms with Crippen molar-refractivity contribution in [3.63, 3.8) is 0 Å². The molecule has 2 atom stereocenters. The molecule has 0 spiro atoms. The number of carbonyl (C=O) groups is 2. The fourth-order valence-electron chi connectivity index (χ4n) is 1.67. The van der Waals surface area contributed by atoms with Crippen LogP contribution in [0.25, 0.3) is 0 Å². The minimum absolute atomic E-state index is 0.0487. The van der Waals surface area contributed by atoms with Gasteiger partial charge in [0.2, 0.25) is 5.91 Å². The van der Waals surface area contributed by atoms with Gasteiger partial charge >= 0.3 is 5.97 Å². The van der Waals surface area contributed by atoms with Crippen molar-refractivity contribution in [1.82, 2.24) is 5.32 Å². The maximum absolute atomic E-state index is 11.8. The average molecular weight is 245 g/mol. The van der Waals surface area contributed by atoms with E-state index in [-0.39, 0.29) is 10.7 Å². The highest BCUT2D eigenvalue weighted by molar-refractivity contribution is 8.01. The average Bonchev–Trinajstić information content (AvgIpc) is 2.66. The van der Waals surface area contributed by atoms with Crippen molar-refractivity contribution in [2.24, 2.45) is 5.92 Å². The van der Waals surface area contributed by atoms with E-state index in [0.717, 1.165) is 18.6 Å². The van der Waals surface area contributed by atoms with Crippen LogP contribution >= 0.6 is 11.8 Å². The first-order valence-corrected chi connectivity index (χ1v) is 6.59. The summed E-state index contributed by atoms with van der Waals surface area (Å²) in [7, 11) is 0. The third-order valence-corrected chi connectivity index (χ3v) is 4.50. The van der Waals surface area contributed by atoms with E-state index >= 15 is 0 Å². The van der Waals surface area contributed by atoms with E-state index in [4.69, 9.17) is 5.11 Å². The Hall–Kier alpha value is -0.710. The van der Waals surface area contributed by atoms with Crippen LogP contribution in [-0.4, -0.2) is 34.0 Å². The van der Waals surface area contributed by atoms with E-state index in [2.05, 4.69) is 5.32 Å². The maximum atomic E-state index is 11.8. The smallest absolute Gasteiger partial charge is 0.306 e. The Morgan fingerprint density at radius 1 is 1.56 bits per heavy atom. The molecule has 1 rings (SSSR count). The van der Waals surface area contributed by atoms with E-state index in [0.29, 0.717) is 13.0 Å². The molecule has 1 aliphatic rings. The van der Waals surface area contributed by atoms with Crippen LogP contribution in [0.5, 0.6) is 0 Å². The normalized spacial score (nSPS) is 26.4. The standard InChI is InChI=1S/C11H19NO3S/c1-8(9(13)14)4-6-12-10(15)11(2)5-3-7-16-11/h8H,3-7H2,1-2H3,(H,12,15)(H,13,14). The molecule has 4 nitrogen and oxygen atoms in total. The molecule has 0 saturated carbocycles. The predicted octanol–water partition coefficient (Wildman–Crippen LogP) is 1.50. The minimum atomic E-state index is -0.810. The van der Waals surface area contributed by atoms with Crippen molar-refractivity contribution >= 4 is 23.6 Å². The first kappa shape index (κ1) is 13.4. The summed E-state index contributed by atoms with van der Waals surface area (Å²) in [5, 5.41) is 11.5. The molecule has 2 unspecified atom stereocenters. The Morgan fingerprint density at radius 2 is 2.25 bits per heavy atom. The summed E-state index contributed by atoms with van der Waals surface area (Å²) >= 11 is 1.69. The lowest BCUT2D eigenvalue weighted by Gasteiger charge is -2.21. The molecule has 0 aliphatic carbocycles. The van der Waals surface area contributed by atoms with Gasteiger partial charge in [0.25, 0.3) is 0 Å². The Morgan fingerprint density at radius 3 is 2.75 bits per heavy atom. The van der Waals surface area contributed by atoms with Gasteiger partial charge < -0.3 is 10.4 Å². The zero-order chi connectivity index (χ0) is 12.2. The van der Waals surface area contributed by atoms with E-state index in [1.807, 2.05) is 6.92 Å². The minimum Gasteiger partial charge on any atom is -0.481 e. The Balaban J connectivity index is 2.27. The third-order valence-electron chi connectivity index (χ3n) is 2.98. The number of nitrogens with one attached hydrogen (secondary N) is 1. The van der Waals surface area contributed by atoms with Gasteiger partial charge in [0.05, 0.1) is 10.7 Å². The van der Waals surface area contributed by atoms with Crippen molar-refractivity contribution in [3.05, 3.63) is 0 Å². The Kier molecular flexibility index (Phi) is 4.65. The lowest BCUT2D eigenvalue weighted by Crippen LogP contribution is -2.41. The number of carboxylic acids is 1. The number of carboxylic acid groups (broad SMARTS) is 1. The molecule has 5 heteroatoms. The number of hydrogen-bond acceptors (Lipinski definition) is 3. The molecule has 2 N–H and O–H groups in total. The molecule has 1 heterocycles. The monoisotopic (exact) mass is 245 g/mol. The van der Waals surface area contributed by atoms with Gasteiger partial charge in [-0.1, -0.05) is 6.92 Å². The molecule has 16 heavy (non-hydrogen) atoms. The molecular formula is C11H19NO3S. The van der Waals surface area contributed by atoms with Crippen LogP contribution in [0.3, 0.4) is 0 Å². The van der Waals surface area contributed by atoms with Gasteiger partial charge in [0.15, 0.2) is 0 Å². The second kappa shape index (κ2) is 5.57. The summed E-state index contributed by atoms with van der Waals surface area (Å²) in [5.74, 6) is -0.122. The predicted molar refractivity (Wildman–Crippen MR) is 64.5 cm³/mol. The molecule has 1 fully saturated rings. The number of amides is 1. The van der Waals surface area contributed by atoms with E-state index in [1.54, 1.807) is 18.7 Å². The highest BCUT2D eigenvalue weighted by atomic mass is 32.2. The Bertz CT molecular complexity index is 274. The van der Waals surface area contributed by atoms with E-state index < -0.39 is 11.9 Å². The maximum Gasteiger partial charge on any atom is 0.306 e. The number of thioether (sulfide) groups is 1. The summed E-state index contributed by atoms with van der Waals surface area (Å²) in [6.45, 7) is 4.06. The number of rotatable bonds is 5. The lowest BCUT2D eigenvalue weighted by molar-refractivity contribution is -0.141. The SMILES string of the molecule is CC(CCNC(=O)C1(C)CCCS1)C(=O)O. The van der Waals surface area contributed by atoms with Crippen LogP contribution in [0.1, 0.15) is 33.1 Å². The summed E-state index contributed by atoms with van der Waals surface area (Å²) in [4.78, 5) is 22.4. The van der Waals surface area contributed by atoms with Crippen LogP contribution in [-0.2, 0) is 9.59 Å². The van der Waals surface area contributed by atoms with E-state index in [1.165, 1.54) is 0 Å². The Labute approximate surface area is 100 Å². The van der Waals surface area contributed by atoms with Gasteiger partial charge in [-0.25, -0.2) is 0 Å². The third kappa shape index (κ3) is 3.40. The molecule has 1 saturated heterocycles. The molecule has 0 aromatic rings. The van der Waals surface area contributed by atoms with Crippen molar-refractivity contribution in [2.75, 3.05) is 12.3 Å². The summed E-state index contributed by atoms with van der Waals surface area (Å²) < 4.78 is -0.299. The zero-order valence-electron chi connectivity index (χ0n) is 9.78. The first-order chi connectivity index (χ1) is 7.46. The van der Waals surface area contributed by atoms with Crippen molar-refractivity contribution in [2.45, 2.75) is 37.9 Å². The molecule has 1 aliphatic heterocycles. The van der Waals surface area contributed by atoms with Gasteiger partial charge in [-0.3, -0.25) is 9.59 Å². The van der Waals surface area contributed by atoms with Crippen LogP contribution < -0.4 is 5.32 Å². The molecule has 0 aromatic carbocycles. The van der Waals surface area contributed by atoms with Crippen LogP contribution in [0.15, 0.2) is 0 Å². The molecular weight excluding hydrogens is 226 g/mol. The molecule has 1 amide bonds. The second-order valence-corrected chi connectivity index (χ2v) is 6.06. The fourth-order valence-corrected chi connectivity index (χ4v) is 2.90. The van der Waals surface area contributed by atoms with Crippen LogP contribution in [0, 0.1) is 5.92 Å². The zero-order valence-corrected chi connectivity index (χ0v) is 10.6. The molecule has 0 aromatic heterocycles. The number of carbonyl (C=O) groups excluding carboxylic acids is 1. The van der Waals surface area contributed by atoms with Crippen LogP contribution in [0.2, 0.25) is 0 Å². The summed E-state index contributed by atoms with van der Waals surface area (Å²) in [6.07, 6.45) is 2.49. The van der Waals surface area contributed by atoms with E-state index in [9.17, 15) is 9.59 Å². The highest BCUT2D eigenvalue weighted by Gasteiger charge is 2.36. The van der Waals surface area contributed by atoms with Gasteiger partial charge in [-0.15, -0.1) is 11.8 Å². The van der Waals surface area contributed by atoms with Crippen molar-refractivity contribution < 1.29 is 14.7 Å². The molecule has 0 radical (unpaired) electrons. The summed E-state index contributed by atoms with van der Waals surface area (Å²) in [6, 6.07) is 0. The van der Waals surface area contributed by atoms with Gasteiger partial charge in [0.1, 0.15) is 0 Å². The number of aliphatic carboxylic acids is 1. The topological polar surface area (TPSA) is 66.4 Å². The highest BCUT2D eigenvalue weighted by Crippen LogP contribution is 2.37. The molecule has 0 bridgehead atoms. The largest absolute Gasteiger partial charge is 0.481 e. The fraction of sp³-hybridized carbons (Fsp3) is 0.818. The first-order valence-electron chi connectivity index (χ1n) is 5.61. The molecule has 92 valence electrons. The lowest BCUT2D eigenvalue weighted by atomic mass is 10.0.